The summed E-state index contributed by atoms with van der Waals surface area (Å²) in [5.41, 5.74) is 1.80. The first kappa shape index (κ1) is 9.93. The third-order valence-electron chi connectivity index (χ3n) is 1.81. The summed E-state index contributed by atoms with van der Waals surface area (Å²) < 4.78 is 5.24. The van der Waals surface area contributed by atoms with E-state index in [0.29, 0.717) is 13.2 Å². The second-order valence-corrected chi connectivity index (χ2v) is 2.89. The molecule has 0 aliphatic heterocycles. The van der Waals surface area contributed by atoms with E-state index in [2.05, 4.69) is 0 Å². The van der Waals surface area contributed by atoms with Crippen molar-refractivity contribution < 1.29 is 9.53 Å². The van der Waals surface area contributed by atoms with Crippen LogP contribution in [0.2, 0.25) is 0 Å². The van der Waals surface area contributed by atoms with E-state index in [-0.39, 0.29) is 5.78 Å². The minimum atomic E-state index is 0.0957. The molecule has 0 aromatic heterocycles. The van der Waals surface area contributed by atoms with E-state index in [1.165, 1.54) is 0 Å². The monoisotopic (exact) mass is 178 g/mol. The lowest BCUT2D eigenvalue weighted by Gasteiger charge is -2.02. The zero-order valence-electron chi connectivity index (χ0n) is 8.04. The number of rotatable bonds is 4. The molecule has 0 N–H and O–H groups in total. The minimum Gasteiger partial charge on any atom is -0.377 e. The van der Waals surface area contributed by atoms with Gasteiger partial charge in [-0.3, -0.25) is 4.79 Å². The van der Waals surface area contributed by atoms with E-state index < -0.39 is 0 Å². The van der Waals surface area contributed by atoms with Gasteiger partial charge >= 0.3 is 0 Å². The molecular weight excluding hydrogens is 164 g/mol. The topological polar surface area (TPSA) is 26.3 Å². The molecule has 0 spiro atoms. The number of ketones is 1. The van der Waals surface area contributed by atoms with Crippen molar-refractivity contribution in [3.63, 3.8) is 0 Å². The van der Waals surface area contributed by atoms with E-state index in [4.69, 9.17) is 4.74 Å². The minimum absolute atomic E-state index is 0.0957. The molecular formula is C11H14O2. The van der Waals surface area contributed by atoms with Gasteiger partial charge in [0.15, 0.2) is 5.78 Å². The predicted octanol–water partition coefficient (Wildman–Crippen LogP) is 2.43. The molecule has 0 amide bonds. The molecule has 1 aromatic carbocycles. The standard InChI is InChI=1S/C11H14O2/c1-3-13-8-10-5-4-6-11(7-10)9(2)12/h4-7H,3,8H2,1-2H3. The van der Waals surface area contributed by atoms with Gasteiger partial charge in [0.25, 0.3) is 0 Å². The summed E-state index contributed by atoms with van der Waals surface area (Å²) in [6.45, 7) is 4.80. The zero-order valence-corrected chi connectivity index (χ0v) is 8.04. The summed E-state index contributed by atoms with van der Waals surface area (Å²) in [5.74, 6) is 0.0957. The molecule has 0 bridgehead atoms. The molecule has 2 heteroatoms. The lowest BCUT2D eigenvalue weighted by atomic mass is 10.1. The first-order chi connectivity index (χ1) is 6.24. The van der Waals surface area contributed by atoms with Crippen LogP contribution < -0.4 is 0 Å². The van der Waals surface area contributed by atoms with Gasteiger partial charge in [-0.2, -0.15) is 0 Å². The highest BCUT2D eigenvalue weighted by atomic mass is 16.5. The van der Waals surface area contributed by atoms with E-state index in [1.54, 1.807) is 6.92 Å². The first-order valence-corrected chi connectivity index (χ1v) is 4.41. The van der Waals surface area contributed by atoms with Crippen molar-refractivity contribution in [1.29, 1.82) is 0 Å². The molecule has 70 valence electrons. The largest absolute Gasteiger partial charge is 0.377 e. The number of hydrogen-bond donors (Lipinski definition) is 0. The van der Waals surface area contributed by atoms with Gasteiger partial charge in [0.2, 0.25) is 0 Å². The average Bonchev–Trinajstić information content (AvgIpc) is 2.15. The molecule has 0 fully saturated rings. The van der Waals surface area contributed by atoms with Gasteiger partial charge in [-0.05, 0) is 25.5 Å². The maximum absolute atomic E-state index is 11.0. The van der Waals surface area contributed by atoms with Crippen LogP contribution in [-0.4, -0.2) is 12.4 Å². The molecule has 1 aromatic rings. The van der Waals surface area contributed by atoms with Crippen LogP contribution in [0.5, 0.6) is 0 Å². The van der Waals surface area contributed by atoms with E-state index in [1.807, 2.05) is 31.2 Å². The van der Waals surface area contributed by atoms with Gasteiger partial charge in [0, 0.05) is 12.2 Å². The fraction of sp³-hybridized carbons (Fsp3) is 0.364. The third-order valence-corrected chi connectivity index (χ3v) is 1.81. The Morgan fingerprint density at radius 2 is 2.23 bits per heavy atom. The summed E-state index contributed by atoms with van der Waals surface area (Å²) in [6.07, 6.45) is 0. The molecule has 0 aliphatic carbocycles. The Balaban J connectivity index is 2.73. The van der Waals surface area contributed by atoms with Gasteiger partial charge in [0.05, 0.1) is 6.61 Å². The molecule has 0 saturated carbocycles. The van der Waals surface area contributed by atoms with Crippen molar-refractivity contribution in [2.75, 3.05) is 6.61 Å². The van der Waals surface area contributed by atoms with Crippen molar-refractivity contribution in [2.24, 2.45) is 0 Å². The maximum Gasteiger partial charge on any atom is 0.159 e. The second kappa shape index (κ2) is 4.77. The SMILES string of the molecule is CCOCc1cccc(C(C)=O)c1. The second-order valence-electron chi connectivity index (χ2n) is 2.89. The van der Waals surface area contributed by atoms with E-state index >= 15 is 0 Å². The summed E-state index contributed by atoms with van der Waals surface area (Å²) in [4.78, 5) is 11.0. The Labute approximate surface area is 78.5 Å². The van der Waals surface area contributed by atoms with Crippen molar-refractivity contribution in [3.05, 3.63) is 35.4 Å². The Kier molecular flexibility index (Phi) is 3.65. The van der Waals surface area contributed by atoms with Crippen LogP contribution in [0.25, 0.3) is 0 Å². The van der Waals surface area contributed by atoms with Crippen LogP contribution in [-0.2, 0) is 11.3 Å². The number of hydrogen-bond acceptors (Lipinski definition) is 2. The quantitative estimate of drug-likeness (QED) is 0.662. The average molecular weight is 178 g/mol. The van der Waals surface area contributed by atoms with Crippen molar-refractivity contribution in [3.8, 4) is 0 Å². The van der Waals surface area contributed by atoms with Crippen molar-refractivity contribution in [2.45, 2.75) is 20.5 Å². The number of carbonyl (C=O) groups excluding carboxylic acids is 1. The Morgan fingerprint density at radius 3 is 2.85 bits per heavy atom. The molecule has 0 aliphatic rings. The Morgan fingerprint density at radius 1 is 1.46 bits per heavy atom. The fourth-order valence-corrected chi connectivity index (χ4v) is 1.10. The molecule has 2 nitrogen and oxygen atoms in total. The van der Waals surface area contributed by atoms with Crippen molar-refractivity contribution >= 4 is 5.78 Å². The predicted molar refractivity (Wildman–Crippen MR) is 51.8 cm³/mol. The summed E-state index contributed by atoms with van der Waals surface area (Å²) in [6, 6.07) is 7.53. The number of ether oxygens (including phenoxy) is 1. The highest BCUT2D eigenvalue weighted by Crippen LogP contribution is 2.07. The number of carbonyl (C=O) groups is 1. The number of Topliss-reactive ketones (excluding diaryl/α,β-unsaturated/α-hetero) is 1. The lowest BCUT2D eigenvalue weighted by Crippen LogP contribution is -1.96. The summed E-state index contributed by atoms with van der Waals surface area (Å²) >= 11 is 0. The van der Waals surface area contributed by atoms with Crippen LogP contribution >= 0.6 is 0 Å². The third kappa shape index (κ3) is 2.99. The van der Waals surface area contributed by atoms with Gasteiger partial charge in [-0.25, -0.2) is 0 Å². The van der Waals surface area contributed by atoms with Crippen LogP contribution in [0.3, 0.4) is 0 Å². The molecule has 0 atom stereocenters. The van der Waals surface area contributed by atoms with E-state index in [9.17, 15) is 4.79 Å². The fourth-order valence-electron chi connectivity index (χ4n) is 1.10. The molecule has 0 saturated heterocycles. The van der Waals surface area contributed by atoms with Gasteiger partial charge in [-0.15, -0.1) is 0 Å². The van der Waals surface area contributed by atoms with Crippen LogP contribution in [0.1, 0.15) is 29.8 Å². The summed E-state index contributed by atoms with van der Waals surface area (Å²) in [7, 11) is 0. The highest BCUT2D eigenvalue weighted by Gasteiger charge is 1.99. The smallest absolute Gasteiger partial charge is 0.159 e. The normalized spacial score (nSPS) is 10.0. The summed E-state index contributed by atoms with van der Waals surface area (Å²) in [5, 5.41) is 0. The van der Waals surface area contributed by atoms with Crippen LogP contribution in [0.15, 0.2) is 24.3 Å². The maximum atomic E-state index is 11.0. The van der Waals surface area contributed by atoms with Crippen molar-refractivity contribution in [1.82, 2.24) is 0 Å². The molecule has 1 rings (SSSR count). The molecule has 13 heavy (non-hydrogen) atoms. The molecule has 0 radical (unpaired) electrons. The van der Waals surface area contributed by atoms with Gasteiger partial charge in [-0.1, -0.05) is 18.2 Å². The lowest BCUT2D eigenvalue weighted by molar-refractivity contribution is 0.101. The zero-order chi connectivity index (χ0) is 9.68. The Bertz CT molecular complexity index is 292. The highest BCUT2D eigenvalue weighted by molar-refractivity contribution is 5.94. The molecule has 0 unspecified atom stereocenters. The number of benzene rings is 1. The van der Waals surface area contributed by atoms with Crippen LogP contribution in [0.4, 0.5) is 0 Å². The van der Waals surface area contributed by atoms with Crippen LogP contribution in [0, 0.1) is 0 Å². The molecule has 0 heterocycles. The van der Waals surface area contributed by atoms with E-state index in [0.717, 1.165) is 11.1 Å². The van der Waals surface area contributed by atoms with Gasteiger partial charge < -0.3 is 4.74 Å². The first-order valence-electron chi connectivity index (χ1n) is 4.41. The Hall–Kier alpha value is -1.15. The van der Waals surface area contributed by atoms with Gasteiger partial charge in [0.1, 0.15) is 0 Å².